The normalized spacial score (nSPS) is 14.5. The molecule has 0 spiro atoms. The van der Waals surface area contributed by atoms with E-state index in [0.717, 1.165) is 16.6 Å². The van der Waals surface area contributed by atoms with E-state index in [1.807, 2.05) is 32.7 Å². The zero-order valence-electron chi connectivity index (χ0n) is 12.9. The Labute approximate surface area is 124 Å². The first-order chi connectivity index (χ1) is 9.97. The Balaban J connectivity index is 2.18. The molecule has 0 aliphatic rings. The van der Waals surface area contributed by atoms with Crippen molar-refractivity contribution in [3.05, 3.63) is 47.5 Å². The second kappa shape index (κ2) is 5.00. The lowest BCUT2D eigenvalue weighted by atomic mass is 10.0. The smallest absolute Gasteiger partial charge is 0.0964 e. The molecule has 3 aromatic rings. The van der Waals surface area contributed by atoms with Crippen LogP contribution < -0.4 is 5.73 Å². The molecule has 2 atom stereocenters. The van der Waals surface area contributed by atoms with Gasteiger partial charge in [-0.2, -0.15) is 5.10 Å². The molecule has 2 aromatic heterocycles. The van der Waals surface area contributed by atoms with Crippen molar-refractivity contribution in [1.29, 1.82) is 0 Å². The van der Waals surface area contributed by atoms with Crippen LogP contribution >= 0.6 is 0 Å². The third-order valence-corrected chi connectivity index (χ3v) is 4.05. The first-order valence-corrected chi connectivity index (χ1v) is 7.15. The maximum Gasteiger partial charge on any atom is 0.0964 e. The van der Waals surface area contributed by atoms with Gasteiger partial charge < -0.3 is 10.3 Å². The molecule has 21 heavy (non-hydrogen) atoms. The lowest BCUT2D eigenvalue weighted by Crippen LogP contribution is -2.29. The van der Waals surface area contributed by atoms with Gasteiger partial charge in [0, 0.05) is 24.8 Å². The number of fused-ring (bicyclic) bond motifs is 1. The quantitative estimate of drug-likeness (QED) is 0.802. The van der Waals surface area contributed by atoms with Gasteiger partial charge >= 0.3 is 0 Å². The lowest BCUT2D eigenvalue weighted by Gasteiger charge is -2.22. The van der Waals surface area contributed by atoms with Crippen molar-refractivity contribution in [2.24, 2.45) is 12.8 Å². The van der Waals surface area contributed by atoms with Crippen molar-refractivity contribution in [1.82, 2.24) is 19.3 Å². The minimum absolute atomic E-state index is 0.0332. The molecular formula is C16H21N5. The van der Waals surface area contributed by atoms with Gasteiger partial charge in [-0.3, -0.25) is 4.68 Å². The number of rotatable bonds is 3. The molecule has 1 aromatic carbocycles. The molecule has 0 fully saturated rings. The molecule has 110 valence electrons. The van der Waals surface area contributed by atoms with Crippen LogP contribution in [0.15, 0.2) is 30.9 Å². The van der Waals surface area contributed by atoms with Crippen LogP contribution in [0.1, 0.15) is 29.7 Å². The fourth-order valence-corrected chi connectivity index (χ4v) is 2.81. The van der Waals surface area contributed by atoms with Gasteiger partial charge in [-0.1, -0.05) is 0 Å². The Morgan fingerprint density at radius 1 is 1.19 bits per heavy atom. The number of hydrogen-bond donors (Lipinski definition) is 1. The van der Waals surface area contributed by atoms with E-state index < -0.39 is 0 Å². The van der Waals surface area contributed by atoms with Gasteiger partial charge in [-0.05, 0) is 44.0 Å². The molecule has 5 heteroatoms. The van der Waals surface area contributed by atoms with Gasteiger partial charge in [0.15, 0.2) is 0 Å². The van der Waals surface area contributed by atoms with E-state index in [-0.39, 0.29) is 12.1 Å². The predicted molar refractivity (Wildman–Crippen MR) is 84.2 cm³/mol. The highest BCUT2D eigenvalue weighted by molar-refractivity contribution is 5.77. The molecule has 0 saturated heterocycles. The third-order valence-electron chi connectivity index (χ3n) is 4.05. The van der Waals surface area contributed by atoms with E-state index in [0.29, 0.717) is 0 Å². The molecule has 0 amide bonds. The van der Waals surface area contributed by atoms with E-state index in [1.54, 1.807) is 4.68 Å². The van der Waals surface area contributed by atoms with E-state index >= 15 is 0 Å². The lowest BCUT2D eigenvalue weighted by molar-refractivity contribution is 0.506. The van der Waals surface area contributed by atoms with Crippen molar-refractivity contribution in [2.75, 3.05) is 0 Å². The topological polar surface area (TPSA) is 61.7 Å². The molecule has 0 aliphatic heterocycles. The summed E-state index contributed by atoms with van der Waals surface area (Å²) in [5, 5.41) is 4.27. The Morgan fingerprint density at radius 3 is 2.52 bits per heavy atom. The molecule has 2 heterocycles. The van der Waals surface area contributed by atoms with Gasteiger partial charge in [0.2, 0.25) is 0 Å². The van der Waals surface area contributed by atoms with E-state index in [9.17, 15) is 0 Å². The average molecular weight is 283 g/mol. The van der Waals surface area contributed by atoms with Crippen LogP contribution in [0.25, 0.3) is 11.0 Å². The van der Waals surface area contributed by atoms with Crippen LogP contribution in [0.4, 0.5) is 0 Å². The van der Waals surface area contributed by atoms with Crippen molar-refractivity contribution >= 4 is 11.0 Å². The van der Waals surface area contributed by atoms with E-state index in [2.05, 4.69) is 40.6 Å². The second-order valence-electron chi connectivity index (χ2n) is 5.83. The molecule has 2 unspecified atom stereocenters. The maximum absolute atomic E-state index is 6.24. The number of nitrogens with two attached hydrogens (primary N) is 1. The summed E-state index contributed by atoms with van der Waals surface area (Å²) in [4.78, 5) is 4.54. The summed E-state index contributed by atoms with van der Waals surface area (Å²) in [5.41, 5.74) is 12.0. The Kier molecular flexibility index (Phi) is 3.29. The average Bonchev–Trinajstić information content (AvgIpc) is 2.99. The first kappa shape index (κ1) is 13.8. The molecule has 3 rings (SSSR count). The Morgan fingerprint density at radius 2 is 1.90 bits per heavy atom. The van der Waals surface area contributed by atoms with Crippen LogP contribution in [-0.2, 0) is 7.05 Å². The highest BCUT2D eigenvalue weighted by atomic mass is 15.2. The highest BCUT2D eigenvalue weighted by Gasteiger charge is 2.22. The summed E-state index contributed by atoms with van der Waals surface area (Å²) >= 11 is 0. The van der Waals surface area contributed by atoms with Crippen molar-refractivity contribution in [2.45, 2.75) is 32.9 Å². The van der Waals surface area contributed by atoms with Gasteiger partial charge in [0.25, 0.3) is 0 Å². The molecule has 0 aliphatic carbocycles. The van der Waals surface area contributed by atoms with Crippen molar-refractivity contribution in [3.63, 3.8) is 0 Å². The van der Waals surface area contributed by atoms with E-state index in [1.165, 1.54) is 11.1 Å². The Bertz CT molecular complexity index is 781. The van der Waals surface area contributed by atoms with E-state index in [4.69, 9.17) is 5.73 Å². The summed E-state index contributed by atoms with van der Waals surface area (Å²) in [7, 11) is 1.92. The zero-order valence-corrected chi connectivity index (χ0v) is 12.9. The summed E-state index contributed by atoms with van der Waals surface area (Å²) in [6.45, 7) is 6.25. The molecule has 0 radical (unpaired) electrons. The molecule has 5 nitrogen and oxygen atoms in total. The Hall–Kier alpha value is -2.14. The van der Waals surface area contributed by atoms with Crippen LogP contribution in [0, 0.1) is 13.8 Å². The van der Waals surface area contributed by atoms with Crippen LogP contribution in [0.2, 0.25) is 0 Å². The minimum Gasteiger partial charge on any atom is -0.326 e. The summed E-state index contributed by atoms with van der Waals surface area (Å²) in [5.74, 6) is 0. The number of benzene rings is 1. The zero-order chi connectivity index (χ0) is 15.1. The monoisotopic (exact) mass is 283 g/mol. The predicted octanol–water partition coefficient (Wildman–Crippen LogP) is 2.32. The summed E-state index contributed by atoms with van der Waals surface area (Å²) in [6, 6.07) is 4.31. The summed E-state index contributed by atoms with van der Waals surface area (Å²) < 4.78 is 3.96. The molecular weight excluding hydrogens is 262 g/mol. The van der Waals surface area contributed by atoms with Crippen LogP contribution in [0.3, 0.4) is 0 Å². The fourth-order valence-electron chi connectivity index (χ4n) is 2.81. The number of aryl methyl sites for hydroxylation is 3. The molecule has 2 N–H and O–H groups in total. The SMILES string of the molecule is Cc1cc2ncn(C(c3cnn(C)c3)C(C)N)c2cc1C. The highest BCUT2D eigenvalue weighted by Crippen LogP contribution is 2.27. The van der Waals surface area contributed by atoms with Crippen molar-refractivity contribution in [3.8, 4) is 0 Å². The number of hydrogen-bond acceptors (Lipinski definition) is 3. The molecule has 0 saturated carbocycles. The minimum atomic E-state index is -0.0341. The van der Waals surface area contributed by atoms with Gasteiger partial charge in [-0.15, -0.1) is 0 Å². The number of imidazole rings is 1. The second-order valence-corrected chi connectivity index (χ2v) is 5.83. The van der Waals surface area contributed by atoms with Gasteiger partial charge in [0.1, 0.15) is 0 Å². The van der Waals surface area contributed by atoms with Crippen LogP contribution in [-0.4, -0.2) is 25.4 Å². The van der Waals surface area contributed by atoms with Gasteiger partial charge in [0.05, 0.1) is 29.6 Å². The molecule has 0 bridgehead atoms. The van der Waals surface area contributed by atoms with Gasteiger partial charge in [-0.25, -0.2) is 4.98 Å². The number of nitrogens with zero attached hydrogens (tertiary/aromatic N) is 4. The maximum atomic E-state index is 6.24. The van der Waals surface area contributed by atoms with Crippen LogP contribution in [0.5, 0.6) is 0 Å². The first-order valence-electron chi connectivity index (χ1n) is 7.15. The number of aromatic nitrogens is 4. The third kappa shape index (κ3) is 2.34. The van der Waals surface area contributed by atoms with Crippen molar-refractivity contribution < 1.29 is 0 Å². The largest absolute Gasteiger partial charge is 0.326 e. The standard InChI is InChI=1S/C16H21N5/c1-10-5-14-15(6-11(10)2)21(9-18-14)16(12(3)17)13-7-19-20(4)8-13/h5-9,12,16H,17H2,1-4H3. The summed E-state index contributed by atoms with van der Waals surface area (Å²) in [6.07, 6.45) is 5.77. The fraction of sp³-hybridized carbons (Fsp3) is 0.375.